The van der Waals surface area contributed by atoms with E-state index in [0.717, 1.165) is 22.3 Å². The van der Waals surface area contributed by atoms with E-state index in [4.69, 9.17) is 9.84 Å². The SMILES string of the molecule is CC1(CNC(=O)C(CCC(=O)O)NC(=O)OCC2c3ccccc3-c3ccccc32)CC(F)(F)C1. The number of alkyl carbamates (subject to hydrolysis) is 1. The zero-order valence-corrected chi connectivity index (χ0v) is 19.4. The van der Waals surface area contributed by atoms with E-state index in [9.17, 15) is 23.2 Å². The number of amides is 2. The number of ether oxygens (including phenoxy) is 1. The van der Waals surface area contributed by atoms with Gasteiger partial charge in [0, 0.05) is 31.7 Å². The second kappa shape index (κ2) is 9.64. The standard InChI is InChI=1S/C26H28F2N2O5/c1-25(13-26(27,28)14-25)15-29-23(33)21(10-11-22(31)32)30-24(34)35-12-20-18-8-4-2-6-16(18)17-7-3-5-9-19(17)20/h2-9,20-21H,10-15H2,1H3,(H,29,33)(H,30,34)(H,31,32). The lowest BCUT2D eigenvalue weighted by molar-refractivity contribution is -0.155. The van der Waals surface area contributed by atoms with Crippen LogP contribution in [0.2, 0.25) is 0 Å². The number of rotatable bonds is 9. The van der Waals surface area contributed by atoms with Crippen LogP contribution in [0.25, 0.3) is 11.1 Å². The summed E-state index contributed by atoms with van der Waals surface area (Å²) in [5, 5.41) is 14.0. The molecule has 1 fully saturated rings. The van der Waals surface area contributed by atoms with Gasteiger partial charge in [0.15, 0.2) is 0 Å². The summed E-state index contributed by atoms with van der Waals surface area (Å²) in [6, 6.07) is 14.6. The Kier molecular flexibility index (Phi) is 6.78. The Hall–Kier alpha value is -3.49. The Balaban J connectivity index is 1.36. The highest BCUT2D eigenvalue weighted by Crippen LogP contribution is 2.51. The van der Waals surface area contributed by atoms with Crippen LogP contribution in [0.3, 0.4) is 0 Å². The average molecular weight is 487 g/mol. The van der Waals surface area contributed by atoms with Crippen LogP contribution in [0, 0.1) is 5.41 Å². The summed E-state index contributed by atoms with van der Waals surface area (Å²) in [5.41, 5.74) is 3.48. The minimum atomic E-state index is -2.73. The van der Waals surface area contributed by atoms with Gasteiger partial charge in [-0.15, -0.1) is 0 Å². The number of carbonyl (C=O) groups excluding carboxylic acids is 2. The molecule has 35 heavy (non-hydrogen) atoms. The van der Waals surface area contributed by atoms with E-state index in [0.29, 0.717) is 0 Å². The Bertz CT molecular complexity index is 1080. The monoisotopic (exact) mass is 486 g/mol. The summed E-state index contributed by atoms with van der Waals surface area (Å²) < 4.78 is 31.9. The molecule has 0 aromatic heterocycles. The van der Waals surface area contributed by atoms with Gasteiger partial charge in [-0.05, 0) is 34.1 Å². The number of hydrogen-bond acceptors (Lipinski definition) is 4. The fourth-order valence-electron chi connectivity index (χ4n) is 5.06. The molecular weight excluding hydrogens is 458 g/mol. The molecule has 0 radical (unpaired) electrons. The molecule has 0 bridgehead atoms. The van der Waals surface area contributed by atoms with Gasteiger partial charge in [0.1, 0.15) is 12.6 Å². The van der Waals surface area contributed by atoms with Gasteiger partial charge in [0.2, 0.25) is 11.8 Å². The van der Waals surface area contributed by atoms with Crippen LogP contribution in [-0.2, 0) is 14.3 Å². The molecule has 2 aromatic carbocycles. The van der Waals surface area contributed by atoms with E-state index in [2.05, 4.69) is 10.6 Å². The van der Waals surface area contributed by atoms with Crippen LogP contribution in [0.4, 0.5) is 13.6 Å². The van der Waals surface area contributed by atoms with E-state index in [1.807, 2.05) is 48.5 Å². The Morgan fingerprint density at radius 1 is 1.06 bits per heavy atom. The first-order valence-corrected chi connectivity index (χ1v) is 11.6. The zero-order valence-electron chi connectivity index (χ0n) is 19.4. The molecule has 4 rings (SSSR count). The third-order valence-corrected chi connectivity index (χ3v) is 6.66. The van der Waals surface area contributed by atoms with E-state index in [1.165, 1.54) is 0 Å². The summed E-state index contributed by atoms with van der Waals surface area (Å²) in [6.07, 6.45) is -2.02. The van der Waals surface area contributed by atoms with Crippen molar-refractivity contribution in [1.29, 1.82) is 0 Å². The molecule has 7 nitrogen and oxygen atoms in total. The first-order chi connectivity index (χ1) is 16.6. The van der Waals surface area contributed by atoms with Crippen LogP contribution in [0.1, 0.15) is 49.7 Å². The highest BCUT2D eigenvalue weighted by Gasteiger charge is 2.53. The lowest BCUT2D eigenvalue weighted by Crippen LogP contribution is -2.54. The van der Waals surface area contributed by atoms with Crippen molar-refractivity contribution in [3.8, 4) is 11.1 Å². The van der Waals surface area contributed by atoms with Crippen LogP contribution in [0.15, 0.2) is 48.5 Å². The molecule has 0 saturated heterocycles. The predicted molar refractivity (Wildman–Crippen MR) is 124 cm³/mol. The summed E-state index contributed by atoms with van der Waals surface area (Å²) >= 11 is 0. The topological polar surface area (TPSA) is 105 Å². The van der Waals surface area contributed by atoms with E-state index in [-0.39, 0.29) is 44.8 Å². The smallest absolute Gasteiger partial charge is 0.407 e. The molecule has 2 amide bonds. The first kappa shape index (κ1) is 24.6. The molecule has 3 N–H and O–H groups in total. The minimum Gasteiger partial charge on any atom is -0.481 e. The molecule has 2 aliphatic rings. The Labute approximate surface area is 201 Å². The number of carboxylic acid groups (broad SMARTS) is 1. The van der Waals surface area contributed by atoms with Crippen molar-refractivity contribution < 1.29 is 33.0 Å². The number of nitrogens with one attached hydrogen (secondary N) is 2. The van der Waals surface area contributed by atoms with E-state index in [1.54, 1.807) is 6.92 Å². The van der Waals surface area contributed by atoms with Gasteiger partial charge >= 0.3 is 12.1 Å². The molecule has 0 aliphatic heterocycles. The maximum absolute atomic E-state index is 13.2. The highest BCUT2D eigenvalue weighted by molar-refractivity contribution is 5.86. The number of alkyl halides is 2. The van der Waals surface area contributed by atoms with Crippen molar-refractivity contribution in [2.24, 2.45) is 5.41 Å². The number of aliphatic carboxylic acids is 1. The molecule has 2 aliphatic carbocycles. The van der Waals surface area contributed by atoms with Crippen molar-refractivity contribution in [3.05, 3.63) is 59.7 Å². The maximum Gasteiger partial charge on any atom is 0.407 e. The second-order valence-corrected chi connectivity index (χ2v) is 9.69. The van der Waals surface area contributed by atoms with Crippen molar-refractivity contribution in [1.82, 2.24) is 10.6 Å². The molecule has 186 valence electrons. The Morgan fingerprint density at radius 3 is 2.17 bits per heavy atom. The van der Waals surface area contributed by atoms with Gasteiger partial charge in [-0.3, -0.25) is 9.59 Å². The van der Waals surface area contributed by atoms with E-state index >= 15 is 0 Å². The number of carbonyl (C=O) groups is 3. The maximum atomic E-state index is 13.2. The molecule has 0 heterocycles. The zero-order chi connectivity index (χ0) is 25.2. The van der Waals surface area contributed by atoms with Crippen LogP contribution >= 0.6 is 0 Å². The molecule has 0 spiro atoms. The normalized spacial score (nSPS) is 17.9. The van der Waals surface area contributed by atoms with Crippen LogP contribution in [0.5, 0.6) is 0 Å². The van der Waals surface area contributed by atoms with Gasteiger partial charge in [-0.1, -0.05) is 55.5 Å². The molecule has 1 unspecified atom stereocenters. The molecular formula is C26H28F2N2O5. The minimum absolute atomic E-state index is 0.0113. The number of benzene rings is 2. The molecule has 9 heteroatoms. The first-order valence-electron chi connectivity index (χ1n) is 11.6. The summed E-state index contributed by atoms with van der Waals surface area (Å²) in [5.74, 6) is -4.65. The number of halogens is 2. The largest absolute Gasteiger partial charge is 0.481 e. The molecule has 2 aromatic rings. The lowest BCUT2D eigenvalue weighted by Gasteiger charge is -2.45. The highest BCUT2D eigenvalue weighted by atomic mass is 19.3. The fourth-order valence-corrected chi connectivity index (χ4v) is 5.06. The van der Waals surface area contributed by atoms with Crippen molar-refractivity contribution in [2.45, 2.75) is 50.5 Å². The fraction of sp³-hybridized carbons (Fsp3) is 0.423. The van der Waals surface area contributed by atoms with Gasteiger partial charge in [-0.25, -0.2) is 13.6 Å². The van der Waals surface area contributed by atoms with Gasteiger partial charge < -0.3 is 20.5 Å². The summed E-state index contributed by atoms with van der Waals surface area (Å²) in [7, 11) is 0. The average Bonchev–Trinajstić information content (AvgIpc) is 3.11. The van der Waals surface area contributed by atoms with Gasteiger partial charge in [0.25, 0.3) is 0 Å². The molecule has 1 saturated carbocycles. The summed E-state index contributed by atoms with van der Waals surface area (Å²) in [6.45, 7) is 1.70. The third-order valence-electron chi connectivity index (χ3n) is 6.66. The van der Waals surface area contributed by atoms with Crippen molar-refractivity contribution >= 4 is 18.0 Å². The van der Waals surface area contributed by atoms with Gasteiger partial charge in [-0.2, -0.15) is 0 Å². The second-order valence-electron chi connectivity index (χ2n) is 9.69. The predicted octanol–water partition coefficient (Wildman–Crippen LogP) is 4.31. The van der Waals surface area contributed by atoms with E-state index < -0.39 is 35.3 Å². The van der Waals surface area contributed by atoms with Crippen molar-refractivity contribution in [3.63, 3.8) is 0 Å². The number of hydrogen-bond donors (Lipinski definition) is 3. The van der Waals surface area contributed by atoms with Crippen LogP contribution in [-0.4, -0.2) is 48.2 Å². The quantitative estimate of drug-likeness (QED) is 0.490. The third kappa shape index (κ3) is 5.61. The van der Waals surface area contributed by atoms with Crippen LogP contribution < -0.4 is 10.6 Å². The number of carboxylic acids is 1. The number of fused-ring (bicyclic) bond motifs is 3. The molecule has 1 atom stereocenters. The summed E-state index contributed by atoms with van der Waals surface area (Å²) in [4.78, 5) is 36.3. The van der Waals surface area contributed by atoms with Crippen molar-refractivity contribution in [2.75, 3.05) is 13.2 Å². The van der Waals surface area contributed by atoms with Gasteiger partial charge in [0.05, 0.1) is 0 Å². The Morgan fingerprint density at radius 2 is 1.63 bits per heavy atom. The lowest BCUT2D eigenvalue weighted by atomic mass is 9.67.